The number of aliphatic hydroxyl groups is 1. The van der Waals surface area contributed by atoms with Crippen molar-refractivity contribution >= 4 is 23.2 Å². The number of benzene rings is 1. The molecule has 0 fully saturated rings. The molecule has 1 rings (SSSR count). The lowest BCUT2D eigenvalue weighted by molar-refractivity contribution is 0.0549. The molecule has 90 valence electrons. The van der Waals surface area contributed by atoms with Gasteiger partial charge in [-0.15, -0.1) is 0 Å². The molecular formula is C12H17Cl2NO. The van der Waals surface area contributed by atoms with Crippen molar-refractivity contribution in [2.24, 2.45) is 0 Å². The van der Waals surface area contributed by atoms with Crippen LogP contribution < -0.4 is 5.32 Å². The summed E-state index contributed by atoms with van der Waals surface area (Å²) in [7, 11) is 0. The molecule has 0 saturated carbocycles. The van der Waals surface area contributed by atoms with Gasteiger partial charge in [0, 0.05) is 12.6 Å². The molecule has 0 heterocycles. The highest BCUT2D eigenvalue weighted by Gasteiger charge is 2.23. The Kier molecular flexibility index (Phi) is 4.62. The van der Waals surface area contributed by atoms with Gasteiger partial charge in [0.2, 0.25) is 0 Å². The fourth-order valence-corrected chi connectivity index (χ4v) is 1.63. The Morgan fingerprint density at radius 3 is 2.44 bits per heavy atom. The first-order chi connectivity index (χ1) is 7.33. The molecule has 0 spiro atoms. The van der Waals surface area contributed by atoms with Crippen LogP contribution >= 0.6 is 23.2 Å². The van der Waals surface area contributed by atoms with Crippen LogP contribution in [0.5, 0.6) is 0 Å². The Hall–Kier alpha value is -0.280. The second-order valence-corrected chi connectivity index (χ2v) is 5.25. The summed E-state index contributed by atoms with van der Waals surface area (Å²) in [4.78, 5) is 0. The lowest BCUT2D eigenvalue weighted by atomic mass is 9.96. The first-order valence-electron chi connectivity index (χ1n) is 5.24. The third kappa shape index (κ3) is 3.63. The van der Waals surface area contributed by atoms with Gasteiger partial charge in [-0.25, -0.2) is 0 Å². The topological polar surface area (TPSA) is 32.3 Å². The summed E-state index contributed by atoms with van der Waals surface area (Å²) in [5.74, 6) is 0. The van der Waals surface area contributed by atoms with Gasteiger partial charge in [-0.1, -0.05) is 43.1 Å². The Bertz CT molecular complexity index is 364. The van der Waals surface area contributed by atoms with Crippen molar-refractivity contribution in [3.63, 3.8) is 0 Å². The minimum Gasteiger partial charge on any atom is -0.384 e. The summed E-state index contributed by atoms with van der Waals surface area (Å²) >= 11 is 11.7. The van der Waals surface area contributed by atoms with Crippen LogP contribution in [0.25, 0.3) is 0 Å². The van der Waals surface area contributed by atoms with E-state index in [-0.39, 0.29) is 0 Å². The van der Waals surface area contributed by atoms with Crippen LogP contribution in [0.2, 0.25) is 10.0 Å². The molecular weight excluding hydrogens is 245 g/mol. The molecule has 2 N–H and O–H groups in total. The molecule has 0 bridgehead atoms. The number of nitrogens with one attached hydrogen (secondary N) is 1. The van der Waals surface area contributed by atoms with Gasteiger partial charge in [0.05, 0.1) is 15.6 Å². The Morgan fingerprint density at radius 2 is 1.94 bits per heavy atom. The van der Waals surface area contributed by atoms with E-state index in [0.29, 0.717) is 22.6 Å². The summed E-state index contributed by atoms with van der Waals surface area (Å²) in [6, 6.07) is 5.51. The SMILES string of the molecule is CC(C)NCC(C)(O)c1ccc(Cl)c(Cl)c1. The van der Waals surface area contributed by atoms with Crippen LogP contribution in [0.1, 0.15) is 26.3 Å². The van der Waals surface area contributed by atoms with E-state index in [9.17, 15) is 5.11 Å². The molecule has 0 radical (unpaired) electrons. The molecule has 0 saturated heterocycles. The van der Waals surface area contributed by atoms with Gasteiger partial charge in [-0.2, -0.15) is 0 Å². The van der Waals surface area contributed by atoms with Crippen LogP contribution in [0.3, 0.4) is 0 Å². The third-order valence-corrected chi connectivity index (χ3v) is 3.14. The first kappa shape index (κ1) is 13.8. The van der Waals surface area contributed by atoms with Gasteiger partial charge >= 0.3 is 0 Å². The van der Waals surface area contributed by atoms with E-state index in [1.54, 1.807) is 25.1 Å². The molecule has 0 aliphatic carbocycles. The highest BCUT2D eigenvalue weighted by molar-refractivity contribution is 6.42. The lowest BCUT2D eigenvalue weighted by Crippen LogP contribution is -2.38. The quantitative estimate of drug-likeness (QED) is 0.873. The van der Waals surface area contributed by atoms with Gasteiger partial charge in [0.1, 0.15) is 0 Å². The van der Waals surface area contributed by atoms with Crippen molar-refractivity contribution in [1.29, 1.82) is 0 Å². The van der Waals surface area contributed by atoms with Crippen molar-refractivity contribution < 1.29 is 5.11 Å². The van der Waals surface area contributed by atoms with E-state index in [1.165, 1.54) is 0 Å². The third-order valence-electron chi connectivity index (χ3n) is 2.40. The minimum absolute atomic E-state index is 0.328. The predicted octanol–water partition coefficient (Wildman–Crippen LogP) is 3.20. The predicted molar refractivity (Wildman–Crippen MR) is 69.2 cm³/mol. The molecule has 1 aromatic rings. The van der Waals surface area contributed by atoms with E-state index in [2.05, 4.69) is 5.32 Å². The largest absolute Gasteiger partial charge is 0.384 e. The molecule has 4 heteroatoms. The van der Waals surface area contributed by atoms with Crippen molar-refractivity contribution in [3.05, 3.63) is 33.8 Å². The van der Waals surface area contributed by atoms with E-state index < -0.39 is 5.60 Å². The average Bonchev–Trinajstić information content (AvgIpc) is 2.19. The second-order valence-electron chi connectivity index (χ2n) is 4.44. The summed E-state index contributed by atoms with van der Waals surface area (Å²) in [6.07, 6.45) is 0. The highest BCUT2D eigenvalue weighted by atomic mass is 35.5. The van der Waals surface area contributed by atoms with Gasteiger partial charge in [-0.3, -0.25) is 0 Å². The number of hydrogen-bond donors (Lipinski definition) is 2. The molecule has 16 heavy (non-hydrogen) atoms. The smallest absolute Gasteiger partial charge is 0.0992 e. The molecule has 2 nitrogen and oxygen atoms in total. The summed E-state index contributed by atoms with van der Waals surface area (Å²) in [5, 5.41) is 14.4. The minimum atomic E-state index is -0.946. The van der Waals surface area contributed by atoms with Gasteiger partial charge < -0.3 is 10.4 Å². The summed E-state index contributed by atoms with van der Waals surface area (Å²) in [5.41, 5.74) is -0.187. The normalized spacial score (nSPS) is 15.2. The second kappa shape index (κ2) is 5.37. The Morgan fingerprint density at radius 1 is 1.31 bits per heavy atom. The van der Waals surface area contributed by atoms with Crippen molar-refractivity contribution in [2.45, 2.75) is 32.4 Å². The zero-order valence-corrected chi connectivity index (χ0v) is 11.2. The molecule has 0 aliphatic rings. The van der Waals surface area contributed by atoms with Crippen molar-refractivity contribution in [1.82, 2.24) is 5.32 Å². The lowest BCUT2D eigenvalue weighted by Gasteiger charge is -2.26. The molecule has 1 atom stereocenters. The van der Waals surface area contributed by atoms with E-state index in [4.69, 9.17) is 23.2 Å². The molecule has 0 aromatic heterocycles. The van der Waals surface area contributed by atoms with Gasteiger partial charge in [-0.05, 0) is 24.6 Å². The molecule has 0 amide bonds. The van der Waals surface area contributed by atoms with E-state index >= 15 is 0 Å². The fourth-order valence-electron chi connectivity index (χ4n) is 1.34. The number of halogens is 2. The Balaban J connectivity index is 2.84. The van der Waals surface area contributed by atoms with Crippen LogP contribution in [-0.4, -0.2) is 17.7 Å². The molecule has 1 aromatic carbocycles. The highest BCUT2D eigenvalue weighted by Crippen LogP contribution is 2.28. The summed E-state index contributed by atoms with van der Waals surface area (Å²) in [6.45, 7) is 6.29. The Labute approximate surface area is 107 Å². The van der Waals surface area contributed by atoms with Crippen molar-refractivity contribution in [3.8, 4) is 0 Å². The molecule has 1 unspecified atom stereocenters. The monoisotopic (exact) mass is 261 g/mol. The zero-order chi connectivity index (χ0) is 12.3. The first-order valence-corrected chi connectivity index (χ1v) is 6.00. The fraction of sp³-hybridized carbons (Fsp3) is 0.500. The maximum Gasteiger partial charge on any atom is 0.0992 e. The van der Waals surface area contributed by atoms with E-state index in [1.807, 2.05) is 13.8 Å². The maximum absolute atomic E-state index is 10.3. The van der Waals surface area contributed by atoms with Crippen LogP contribution in [-0.2, 0) is 5.60 Å². The van der Waals surface area contributed by atoms with E-state index in [0.717, 1.165) is 5.56 Å². The van der Waals surface area contributed by atoms with Gasteiger partial charge in [0.25, 0.3) is 0 Å². The number of rotatable bonds is 4. The number of hydrogen-bond acceptors (Lipinski definition) is 2. The van der Waals surface area contributed by atoms with Crippen molar-refractivity contribution in [2.75, 3.05) is 6.54 Å². The van der Waals surface area contributed by atoms with Crippen LogP contribution in [0.4, 0.5) is 0 Å². The maximum atomic E-state index is 10.3. The average molecular weight is 262 g/mol. The molecule has 0 aliphatic heterocycles. The van der Waals surface area contributed by atoms with Crippen LogP contribution in [0.15, 0.2) is 18.2 Å². The summed E-state index contributed by atoms with van der Waals surface area (Å²) < 4.78 is 0. The van der Waals surface area contributed by atoms with Gasteiger partial charge in [0.15, 0.2) is 0 Å². The van der Waals surface area contributed by atoms with Crippen LogP contribution in [0, 0.1) is 0 Å². The zero-order valence-electron chi connectivity index (χ0n) is 9.72. The standard InChI is InChI=1S/C12H17Cl2NO/c1-8(2)15-7-12(3,16)9-4-5-10(13)11(14)6-9/h4-6,8,15-16H,7H2,1-3H3.